The summed E-state index contributed by atoms with van der Waals surface area (Å²) in [7, 11) is 0. The number of aryl methyl sites for hydroxylation is 1. The molecule has 2 aromatic carbocycles. The Hall–Kier alpha value is -2.22. The van der Waals surface area contributed by atoms with Gasteiger partial charge in [0.25, 0.3) is 0 Å². The van der Waals surface area contributed by atoms with Crippen molar-refractivity contribution in [2.45, 2.75) is 58.3 Å². The summed E-state index contributed by atoms with van der Waals surface area (Å²) in [6.45, 7) is 2.23. The second-order valence-electron chi connectivity index (χ2n) is 6.60. The molecular formula is C23H28O2. The Labute approximate surface area is 151 Å². The molecule has 0 radical (unpaired) electrons. The molecular weight excluding hydrogens is 308 g/mol. The first-order chi connectivity index (χ1) is 12.2. The maximum absolute atomic E-state index is 12.3. The smallest absolute Gasteiger partial charge is 0.170 e. The van der Waals surface area contributed by atoms with E-state index in [4.69, 9.17) is 0 Å². The number of ketones is 2. The van der Waals surface area contributed by atoms with Crippen LogP contribution in [-0.2, 0) is 6.42 Å². The summed E-state index contributed by atoms with van der Waals surface area (Å²) in [5, 5.41) is 0. The molecule has 0 aliphatic carbocycles. The van der Waals surface area contributed by atoms with E-state index in [0.29, 0.717) is 11.1 Å². The Morgan fingerprint density at radius 3 is 1.88 bits per heavy atom. The third kappa shape index (κ3) is 6.66. The Bertz CT molecular complexity index is 656. The first kappa shape index (κ1) is 19.1. The predicted octanol–water partition coefficient (Wildman–Crippen LogP) is 6.05. The Morgan fingerprint density at radius 2 is 1.24 bits per heavy atom. The average molecular weight is 336 g/mol. The monoisotopic (exact) mass is 336 g/mol. The zero-order valence-electron chi connectivity index (χ0n) is 15.2. The molecule has 0 aliphatic heterocycles. The molecule has 0 N–H and O–H groups in total. The van der Waals surface area contributed by atoms with Gasteiger partial charge in [0.15, 0.2) is 11.6 Å². The van der Waals surface area contributed by atoms with Gasteiger partial charge in [0.2, 0.25) is 0 Å². The number of unbranched alkanes of at least 4 members (excludes halogenated alkanes) is 5. The van der Waals surface area contributed by atoms with Gasteiger partial charge in [0.05, 0.1) is 6.42 Å². The minimum Gasteiger partial charge on any atom is -0.294 e. The molecule has 0 heterocycles. The molecule has 0 unspecified atom stereocenters. The van der Waals surface area contributed by atoms with Gasteiger partial charge >= 0.3 is 0 Å². The summed E-state index contributed by atoms with van der Waals surface area (Å²) in [5.41, 5.74) is 2.48. The number of hydrogen-bond acceptors (Lipinski definition) is 2. The maximum Gasteiger partial charge on any atom is 0.170 e. The summed E-state index contributed by atoms with van der Waals surface area (Å²) >= 11 is 0. The van der Waals surface area contributed by atoms with Crippen molar-refractivity contribution in [3.05, 3.63) is 71.3 Å². The van der Waals surface area contributed by atoms with E-state index in [9.17, 15) is 9.59 Å². The average Bonchev–Trinajstić information content (AvgIpc) is 2.65. The first-order valence-corrected chi connectivity index (χ1v) is 9.41. The number of hydrogen-bond donors (Lipinski definition) is 0. The quantitative estimate of drug-likeness (QED) is 0.284. The van der Waals surface area contributed by atoms with Crippen LogP contribution in [0.15, 0.2) is 54.6 Å². The minimum absolute atomic E-state index is 0.0687. The molecule has 0 fully saturated rings. The standard InChI is InChI=1S/C23H28O2/c1-2-3-4-5-6-8-11-19-14-16-21(17-15-19)23(25)18-22(24)20-12-9-7-10-13-20/h7,9-10,12-17H,2-6,8,11,18H2,1H3. The normalized spacial score (nSPS) is 10.6. The van der Waals surface area contributed by atoms with E-state index in [1.54, 1.807) is 12.1 Å². The van der Waals surface area contributed by atoms with E-state index in [2.05, 4.69) is 6.92 Å². The van der Waals surface area contributed by atoms with Gasteiger partial charge in [-0.15, -0.1) is 0 Å². The van der Waals surface area contributed by atoms with Crippen molar-refractivity contribution in [1.82, 2.24) is 0 Å². The van der Waals surface area contributed by atoms with Crippen LogP contribution >= 0.6 is 0 Å². The van der Waals surface area contributed by atoms with Gasteiger partial charge < -0.3 is 0 Å². The van der Waals surface area contributed by atoms with Crippen LogP contribution < -0.4 is 0 Å². The van der Waals surface area contributed by atoms with E-state index < -0.39 is 0 Å². The van der Waals surface area contributed by atoms with Crippen LogP contribution in [0, 0.1) is 0 Å². The summed E-state index contributed by atoms with van der Waals surface area (Å²) in [4.78, 5) is 24.4. The highest BCUT2D eigenvalue weighted by atomic mass is 16.1. The third-order valence-corrected chi connectivity index (χ3v) is 4.51. The van der Waals surface area contributed by atoms with E-state index in [0.717, 1.165) is 6.42 Å². The van der Waals surface area contributed by atoms with Crippen LogP contribution in [-0.4, -0.2) is 11.6 Å². The molecule has 2 rings (SSSR count). The van der Waals surface area contributed by atoms with Crippen molar-refractivity contribution in [2.24, 2.45) is 0 Å². The van der Waals surface area contributed by atoms with Gasteiger partial charge in [-0.2, -0.15) is 0 Å². The summed E-state index contributed by atoms with van der Waals surface area (Å²) < 4.78 is 0. The second-order valence-corrected chi connectivity index (χ2v) is 6.60. The lowest BCUT2D eigenvalue weighted by molar-refractivity contribution is 0.0894. The lowest BCUT2D eigenvalue weighted by Gasteiger charge is -2.05. The molecule has 2 nitrogen and oxygen atoms in total. The summed E-state index contributed by atoms with van der Waals surface area (Å²) in [5.74, 6) is -0.235. The topological polar surface area (TPSA) is 34.1 Å². The number of carbonyl (C=O) groups excluding carboxylic acids is 2. The zero-order chi connectivity index (χ0) is 17.9. The van der Waals surface area contributed by atoms with E-state index in [1.807, 2.05) is 42.5 Å². The second kappa shape index (κ2) is 10.6. The molecule has 25 heavy (non-hydrogen) atoms. The molecule has 0 amide bonds. The highest BCUT2D eigenvalue weighted by Gasteiger charge is 2.13. The van der Waals surface area contributed by atoms with Crippen molar-refractivity contribution in [3.8, 4) is 0 Å². The lowest BCUT2D eigenvalue weighted by Crippen LogP contribution is -2.08. The zero-order valence-corrected chi connectivity index (χ0v) is 15.2. The number of Topliss-reactive ketones (excluding diaryl/α,β-unsaturated/α-hetero) is 2. The Kier molecular flexibility index (Phi) is 8.11. The van der Waals surface area contributed by atoms with Crippen molar-refractivity contribution in [3.63, 3.8) is 0 Å². The number of rotatable bonds is 11. The van der Waals surface area contributed by atoms with Gasteiger partial charge in [0.1, 0.15) is 0 Å². The molecule has 132 valence electrons. The van der Waals surface area contributed by atoms with Crippen molar-refractivity contribution < 1.29 is 9.59 Å². The van der Waals surface area contributed by atoms with Gasteiger partial charge in [-0.1, -0.05) is 93.6 Å². The minimum atomic E-state index is -0.123. The highest BCUT2D eigenvalue weighted by Crippen LogP contribution is 2.13. The van der Waals surface area contributed by atoms with Crippen LogP contribution in [0.3, 0.4) is 0 Å². The molecule has 0 spiro atoms. The highest BCUT2D eigenvalue weighted by molar-refractivity contribution is 6.13. The van der Waals surface area contributed by atoms with E-state index in [-0.39, 0.29) is 18.0 Å². The fraction of sp³-hybridized carbons (Fsp3) is 0.391. The SMILES string of the molecule is CCCCCCCCc1ccc(C(=O)CC(=O)c2ccccc2)cc1. The largest absolute Gasteiger partial charge is 0.294 e. The molecule has 0 bridgehead atoms. The van der Waals surface area contributed by atoms with Gasteiger partial charge in [-0.3, -0.25) is 9.59 Å². The molecule has 0 atom stereocenters. The number of carbonyl (C=O) groups is 2. The summed E-state index contributed by atoms with van der Waals surface area (Å²) in [6, 6.07) is 16.7. The lowest BCUT2D eigenvalue weighted by atomic mass is 9.99. The third-order valence-electron chi connectivity index (χ3n) is 4.51. The van der Waals surface area contributed by atoms with E-state index in [1.165, 1.54) is 44.1 Å². The maximum atomic E-state index is 12.3. The predicted molar refractivity (Wildman–Crippen MR) is 103 cm³/mol. The van der Waals surface area contributed by atoms with Crippen molar-refractivity contribution in [2.75, 3.05) is 0 Å². The van der Waals surface area contributed by atoms with Gasteiger partial charge in [0, 0.05) is 11.1 Å². The molecule has 2 aromatic rings. The first-order valence-electron chi connectivity index (χ1n) is 9.41. The van der Waals surface area contributed by atoms with Crippen LogP contribution in [0.4, 0.5) is 0 Å². The van der Waals surface area contributed by atoms with Crippen molar-refractivity contribution >= 4 is 11.6 Å². The molecule has 0 saturated heterocycles. The Morgan fingerprint density at radius 1 is 0.680 bits per heavy atom. The molecule has 0 aliphatic rings. The van der Waals surface area contributed by atoms with Crippen LogP contribution in [0.25, 0.3) is 0 Å². The fourth-order valence-electron chi connectivity index (χ4n) is 2.94. The van der Waals surface area contributed by atoms with Crippen LogP contribution in [0.1, 0.15) is 78.1 Å². The fourth-order valence-corrected chi connectivity index (χ4v) is 2.94. The van der Waals surface area contributed by atoms with Crippen molar-refractivity contribution in [1.29, 1.82) is 0 Å². The molecule has 0 aromatic heterocycles. The van der Waals surface area contributed by atoms with Crippen LogP contribution in [0.2, 0.25) is 0 Å². The van der Waals surface area contributed by atoms with Gasteiger partial charge in [-0.25, -0.2) is 0 Å². The number of benzene rings is 2. The van der Waals surface area contributed by atoms with E-state index >= 15 is 0 Å². The molecule has 2 heteroatoms. The molecule has 0 saturated carbocycles. The Balaban J connectivity index is 1.79. The van der Waals surface area contributed by atoms with Gasteiger partial charge in [-0.05, 0) is 18.4 Å². The summed E-state index contributed by atoms with van der Waals surface area (Å²) in [6.07, 6.45) is 8.71. The van der Waals surface area contributed by atoms with Crippen LogP contribution in [0.5, 0.6) is 0 Å².